The van der Waals surface area contributed by atoms with Crippen LogP contribution in [0.25, 0.3) is 0 Å². The molecule has 0 spiro atoms. The number of amides is 1. The first kappa shape index (κ1) is 12.8. The van der Waals surface area contributed by atoms with Crippen molar-refractivity contribution in [1.29, 1.82) is 0 Å². The van der Waals surface area contributed by atoms with Crippen molar-refractivity contribution in [2.75, 3.05) is 0 Å². The molecular weight excluding hydrogens is 224 g/mol. The lowest BCUT2D eigenvalue weighted by Crippen LogP contribution is -2.46. The standard InChI is InChI=1S/C15H20N2O/c16-15(18)14(13-9-5-2-6-10-13)17-11-12-7-3-1-4-8-12/h1-5,7-8,13-14,17H,6,9-11H2,(H2,16,18). The molecule has 1 aliphatic carbocycles. The molecule has 0 saturated heterocycles. The molecule has 0 radical (unpaired) electrons. The number of benzene rings is 1. The number of nitrogens with one attached hydrogen (secondary N) is 1. The Morgan fingerprint density at radius 3 is 2.72 bits per heavy atom. The lowest BCUT2D eigenvalue weighted by molar-refractivity contribution is -0.121. The zero-order chi connectivity index (χ0) is 12.8. The van der Waals surface area contributed by atoms with Crippen LogP contribution >= 0.6 is 0 Å². The van der Waals surface area contributed by atoms with Crippen LogP contribution in [0.4, 0.5) is 0 Å². The van der Waals surface area contributed by atoms with Gasteiger partial charge in [0.2, 0.25) is 5.91 Å². The highest BCUT2D eigenvalue weighted by atomic mass is 16.1. The van der Waals surface area contributed by atoms with Crippen LogP contribution in [0, 0.1) is 5.92 Å². The maximum atomic E-state index is 11.6. The average Bonchev–Trinajstić information content (AvgIpc) is 2.41. The van der Waals surface area contributed by atoms with Crippen LogP contribution < -0.4 is 11.1 Å². The van der Waals surface area contributed by atoms with Gasteiger partial charge in [-0.05, 0) is 30.7 Å². The third-order valence-corrected chi connectivity index (χ3v) is 3.46. The first-order chi connectivity index (χ1) is 8.77. The summed E-state index contributed by atoms with van der Waals surface area (Å²) in [6.07, 6.45) is 7.34. The van der Waals surface area contributed by atoms with Gasteiger partial charge >= 0.3 is 0 Å². The van der Waals surface area contributed by atoms with E-state index in [2.05, 4.69) is 17.5 Å². The molecule has 0 saturated carbocycles. The monoisotopic (exact) mass is 244 g/mol. The van der Waals surface area contributed by atoms with Gasteiger partial charge in [0.15, 0.2) is 0 Å². The van der Waals surface area contributed by atoms with Crippen molar-refractivity contribution in [2.45, 2.75) is 31.8 Å². The average molecular weight is 244 g/mol. The number of carbonyl (C=O) groups excluding carboxylic acids is 1. The van der Waals surface area contributed by atoms with Gasteiger partial charge in [-0.2, -0.15) is 0 Å². The number of nitrogens with two attached hydrogens (primary N) is 1. The summed E-state index contributed by atoms with van der Waals surface area (Å²) in [7, 11) is 0. The fourth-order valence-electron chi connectivity index (χ4n) is 2.44. The Labute approximate surface area is 108 Å². The molecule has 96 valence electrons. The van der Waals surface area contributed by atoms with Crippen molar-refractivity contribution in [1.82, 2.24) is 5.32 Å². The van der Waals surface area contributed by atoms with Crippen LogP contribution in [0.15, 0.2) is 42.5 Å². The molecule has 2 unspecified atom stereocenters. The van der Waals surface area contributed by atoms with Crippen LogP contribution in [0.1, 0.15) is 24.8 Å². The first-order valence-corrected chi connectivity index (χ1v) is 6.49. The Kier molecular flexibility index (Phi) is 4.53. The SMILES string of the molecule is NC(=O)C(NCc1ccccc1)C1CC=CCC1. The Balaban J connectivity index is 1.94. The number of carbonyl (C=O) groups is 1. The van der Waals surface area contributed by atoms with Gasteiger partial charge in [0, 0.05) is 6.54 Å². The minimum atomic E-state index is -0.244. The maximum Gasteiger partial charge on any atom is 0.234 e. The van der Waals surface area contributed by atoms with E-state index in [4.69, 9.17) is 5.73 Å². The molecule has 1 aliphatic rings. The van der Waals surface area contributed by atoms with E-state index in [1.54, 1.807) is 0 Å². The number of allylic oxidation sites excluding steroid dienone is 2. The minimum absolute atomic E-state index is 0.227. The minimum Gasteiger partial charge on any atom is -0.368 e. The molecule has 3 heteroatoms. The highest BCUT2D eigenvalue weighted by molar-refractivity contribution is 5.80. The third-order valence-electron chi connectivity index (χ3n) is 3.46. The number of primary amides is 1. The van der Waals surface area contributed by atoms with Crippen LogP contribution in [-0.2, 0) is 11.3 Å². The molecule has 1 amide bonds. The van der Waals surface area contributed by atoms with Crippen molar-refractivity contribution in [3.8, 4) is 0 Å². The Morgan fingerprint density at radius 2 is 2.11 bits per heavy atom. The largest absolute Gasteiger partial charge is 0.368 e. The topological polar surface area (TPSA) is 55.1 Å². The second kappa shape index (κ2) is 6.36. The van der Waals surface area contributed by atoms with Gasteiger partial charge < -0.3 is 11.1 Å². The molecule has 3 nitrogen and oxygen atoms in total. The molecule has 18 heavy (non-hydrogen) atoms. The number of rotatable bonds is 5. The fraction of sp³-hybridized carbons (Fsp3) is 0.400. The Bertz CT molecular complexity index is 414. The van der Waals surface area contributed by atoms with Crippen LogP contribution in [0.5, 0.6) is 0 Å². The van der Waals surface area contributed by atoms with E-state index in [0.29, 0.717) is 12.5 Å². The van der Waals surface area contributed by atoms with Gasteiger partial charge in [0.1, 0.15) is 0 Å². The quantitative estimate of drug-likeness (QED) is 0.778. The summed E-state index contributed by atoms with van der Waals surface area (Å²) >= 11 is 0. The van der Waals surface area contributed by atoms with E-state index in [1.165, 1.54) is 5.56 Å². The number of hydrogen-bond donors (Lipinski definition) is 2. The van der Waals surface area contributed by atoms with E-state index in [-0.39, 0.29) is 11.9 Å². The van der Waals surface area contributed by atoms with Crippen LogP contribution in [0.2, 0.25) is 0 Å². The molecule has 0 aromatic heterocycles. The van der Waals surface area contributed by atoms with Crippen molar-refractivity contribution >= 4 is 5.91 Å². The van der Waals surface area contributed by atoms with Gasteiger partial charge in [-0.25, -0.2) is 0 Å². The van der Waals surface area contributed by atoms with E-state index >= 15 is 0 Å². The van der Waals surface area contributed by atoms with Crippen LogP contribution in [0.3, 0.4) is 0 Å². The predicted octanol–water partition coefficient (Wildman–Crippen LogP) is 1.99. The summed E-state index contributed by atoms with van der Waals surface area (Å²) in [6, 6.07) is 9.85. The smallest absolute Gasteiger partial charge is 0.234 e. The first-order valence-electron chi connectivity index (χ1n) is 6.49. The summed E-state index contributed by atoms with van der Waals surface area (Å²) in [5.74, 6) is 0.0856. The van der Waals surface area contributed by atoms with Gasteiger partial charge in [-0.3, -0.25) is 4.79 Å². The molecule has 0 fully saturated rings. The van der Waals surface area contributed by atoms with E-state index in [9.17, 15) is 4.79 Å². The zero-order valence-corrected chi connectivity index (χ0v) is 10.5. The molecule has 0 heterocycles. The lowest BCUT2D eigenvalue weighted by atomic mass is 9.87. The second-order valence-corrected chi connectivity index (χ2v) is 4.79. The summed E-state index contributed by atoms with van der Waals surface area (Å²) in [5.41, 5.74) is 6.68. The van der Waals surface area contributed by atoms with E-state index < -0.39 is 0 Å². The molecule has 0 aliphatic heterocycles. The summed E-state index contributed by atoms with van der Waals surface area (Å²) < 4.78 is 0. The summed E-state index contributed by atoms with van der Waals surface area (Å²) in [6.45, 7) is 0.689. The van der Waals surface area contributed by atoms with Crippen LogP contribution in [-0.4, -0.2) is 11.9 Å². The Morgan fingerprint density at radius 1 is 1.33 bits per heavy atom. The second-order valence-electron chi connectivity index (χ2n) is 4.79. The zero-order valence-electron chi connectivity index (χ0n) is 10.5. The molecular formula is C15H20N2O. The molecule has 1 aromatic rings. The summed E-state index contributed by atoms with van der Waals surface area (Å²) in [4.78, 5) is 11.6. The summed E-state index contributed by atoms with van der Waals surface area (Å²) in [5, 5.41) is 3.30. The van der Waals surface area contributed by atoms with Gasteiger partial charge in [-0.1, -0.05) is 42.5 Å². The van der Waals surface area contributed by atoms with Crippen molar-refractivity contribution < 1.29 is 4.79 Å². The van der Waals surface area contributed by atoms with Crippen molar-refractivity contribution in [3.63, 3.8) is 0 Å². The van der Waals surface area contributed by atoms with Gasteiger partial charge in [0.25, 0.3) is 0 Å². The van der Waals surface area contributed by atoms with Gasteiger partial charge in [0.05, 0.1) is 6.04 Å². The fourth-order valence-corrected chi connectivity index (χ4v) is 2.44. The molecule has 1 aromatic carbocycles. The van der Waals surface area contributed by atoms with Crippen molar-refractivity contribution in [2.24, 2.45) is 11.7 Å². The van der Waals surface area contributed by atoms with E-state index in [0.717, 1.165) is 19.3 Å². The number of hydrogen-bond acceptors (Lipinski definition) is 2. The Hall–Kier alpha value is -1.61. The van der Waals surface area contributed by atoms with Gasteiger partial charge in [-0.15, -0.1) is 0 Å². The highest BCUT2D eigenvalue weighted by Gasteiger charge is 2.25. The lowest BCUT2D eigenvalue weighted by Gasteiger charge is -2.26. The molecule has 2 rings (SSSR count). The maximum absolute atomic E-state index is 11.6. The molecule has 2 atom stereocenters. The van der Waals surface area contributed by atoms with Crippen molar-refractivity contribution in [3.05, 3.63) is 48.0 Å². The highest BCUT2D eigenvalue weighted by Crippen LogP contribution is 2.21. The normalized spacial score (nSPS) is 20.6. The third kappa shape index (κ3) is 3.44. The molecule has 0 bridgehead atoms. The van der Waals surface area contributed by atoms with E-state index in [1.807, 2.05) is 30.3 Å². The molecule has 3 N–H and O–H groups in total. The predicted molar refractivity (Wildman–Crippen MR) is 72.7 cm³/mol.